The van der Waals surface area contributed by atoms with Crippen molar-refractivity contribution >= 4 is 39.9 Å². The van der Waals surface area contributed by atoms with E-state index in [9.17, 15) is 18.4 Å². The number of piperidine rings is 1. The van der Waals surface area contributed by atoms with Crippen LogP contribution in [0.4, 0.5) is 19.3 Å². The van der Waals surface area contributed by atoms with Crippen LogP contribution in [0.15, 0.2) is 54.9 Å². The Bertz CT molecular complexity index is 1750. The van der Waals surface area contributed by atoms with E-state index in [-0.39, 0.29) is 17.3 Å². The number of nitrogens with zero attached hydrogens (tertiary/aromatic N) is 4. The van der Waals surface area contributed by atoms with Crippen molar-refractivity contribution in [1.82, 2.24) is 25.2 Å². The molecule has 1 atom stereocenters. The van der Waals surface area contributed by atoms with Gasteiger partial charge in [0.15, 0.2) is 5.82 Å². The molecule has 0 saturated carbocycles. The third-order valence-electron chi connectivity index (χ3n) is 8.38. The lowest BCUT2D eigenvalue weighted by atomic mass is 9.99. The van der Waals surface area contributed by atoms with Gasteiger partial charge in [-0.25, -0.2) is 27.8 Å². The molecule has 1 amide bonds. The maximum Gasteiger partial charge on any atom is 0.404 e. The number of hydrogen-bond donors (Lipinski definition) is 4. The number of anilines is 1. The Hall–Kier alpha value is -4.24. The maximum absolute atomic E-state index is 15.8. The second-order valence-electron chi connectivity index (χ2n) is 11.3. The largest absolute Gasteiger partial charge is 0.465 e. The molecule has 14 heteroatoms. The number of hydrogen-bond acceptors (Lipinski definition) is 6. The van der Waals surface area contributed by atoms with Crippen LogP contribution in [0.3, 0.4) is 0 Å². The number of likely N-dealkylation sites (tertiary alicyclic amines) is 1. The summed E-state index contributed by atoms with van der Waals surface area (Å²) in [5.74, 6) is -3.21. The van der Waals surface area contributed by atoms with Gasteiger partial charge in [0.1, 0.15) is 17.2 Å². The minimum atomic E-state index is -2.63. The van der Waals surface area contributed by atoms with Gasteiger partial charge in [-0.3, -0.25) is 14.2 Å². The number of H-pyrrole nitrogens is 1. The van der Waals surface area contributed by atoms with Crippen molar-refractivity contribution in [2.45, 2.75) is 38.3 Å². The van der Waals surface area contributed by atoms with Crippen LogP contribution < -0.4 is 9.73 Å². The molecule has 45 heavy (non-hydrogen) atoms. The van der Waals surface area contributed by atoms with E-state index >= 15 is 8.78 Å². The minimum absolute atomic E-state index is 0.0181. The molecule has 2 saturated heterocycles. The molecule has 2 aliphatic heterocycles. The first-order valence-corrected chi connectivity index (χ1v) is 15.7. The Balaban J connectivity index is 1.23. The molecule has 2 aromatic carbocycles. The summed E-state index contributed by atoms with van der Waals surface area (Å²) in [4.78, 5) is 34.1. The van der Waals surface area contributed by atoms with Gasteiger partial charge in [0.05, 0.1) is 5.56 Å². The van der Waals surface area contributed by atoms with Crippen molar-refractivity contribution in [1.29, 1.82) is 0 Å². The lowest BCUT2D eigenvalue weighted by Crippen LogP contribution is -2.43. The molecule has 6 rings (SSSR count). The molecule has 0 radical (unpaired) electrons. The molecule has 11 nitrogen and oxygen atoms in total. The second kappa shape index (κ2) is 13.0. The number of benzene rings is 2. The van der Waals surface area contributed by atoms with Gasteiger partial charge in [-0.1, -0.05) is 24.3 Å². The molecule has 4 aromatic rings. The zero-order valence-electron chi connectivity index (χ0n) is 24.2. The number of aromatic amines is 1. The summed E-state index contributed by atoms with van der Waals surface area (Å²) in [7, 11) is 0. The number of fused-ring (bicyclic) bond motifs is 1. The van der Waals surface area contributed by atoms with Crippen molar-refractivity contribution in [3.05, 3.63) is 83.2 Å². The molecule has 4 N–H and O–H groups in total. The molecule has 1 unspecified atom stereocenters. The standard InChI is InChI=1S/C31H32F2N6O5S/c32-25-7-8-26(39(45(43)44)38-11-1-2-12-38)28(33)27(25)29(40)24-17-35-30-23(24)15-21(16-34-30)20-5-3-19(4-6-20)18-37-13-9-22(10-14-37)36-31(41)42/h3-8,15-17,22,36H,1-2,9-14,18H2,(H,34,35)(H,41,42)(H,43,44). The molecule has 2 aromatic heterocycles. The number of pyridine rings is 1. The summed E-state index contributed by atoms with van der Waals surface area (Å²) in [5.41, 5.74) is 1.84. The summed E-state index contributed by atoms with van der Waals surface area (Å²) < 4.78 is 53.8. The fourth-order valence-electron chi connectivity index (χ4n) is 6.07. The number of carbonyl (C=O) groups excluding carboxylic acids is 1. The van der Waals surface area contributed by atoms with E-state index in [1.54, 1.807) is 12.3 Å². The van der Waals surface area contributed by atoms with Crippen LogP contribution in [0.25, 0.3) is 22.2 Å². The van der Waals surface area contributed by atoms with E-state index < -0.39 is 40.3 Å². The first-order valence-electron chi connectivity index (χ1n) is 14.7. The summed E-state index contributed by atoms with van der Waals surface area (Å²) in [6.07, 6.45) is 5.02. The summed E-state index contributed by atoms with van der Waals surface area (Å²) >= 11 is -2.63. The number of carboxylic acid groups (broad SMARTS) is 1. The van der Waals surface area contributed by atoms with E-state index in [0.717, 1.165) is 73.0 Å². The van der Waals surface area contributed by atoms with Crippen LogP contribution in [0.2, 0.25) is 0 Å². The van der Waals surface area contributed by atoms with Gasteiger partial charge in [0.25, 0.3) is 11.3 Å². The number of aromatic nitrogens is 2. The maximum atomic E-state index is 15.8. The van der Waals surface area contributed by atoms with Crippen molar-refractivity contribution in [3.8, 4) is 11.1 Å². The monoisotopic (exact) mass is 638 g/mol. The van der Waals surface area contributed by atoms with Crippen molar-refractivity contribution in [2.75, 3.05) is 30.6 Å². The van der Waals surface area contributed by atoms with E-state index in [0.29, 0.717) is 29.7 Å². The van der Waals surface area contributed by atoms with Crippen LogP contribution >= 0.6 is 0 Å². The number of nitrogens with one attached hydrogen (secondary N) is 2. The van der Waals surface area contributed by atoms with E-state index in [2.05, 4.69) is 20.2 Å². The van der Waals surface area contributed by atoms with Crippen molar-refractivity contribution < 1.29 is 32.2 Å². The lowest BCUT2D eigenvalue weighted by molar-refractivity contribution is 0.103. The zero-order valence-corrected chi connectivity index (χ0v) is 25.0. The molecule has 236 valence electrons. The normalized spacial score (nSPS) is 17.0. The van der Waals surface area contributed by atoms with E-state index in [1.807, 2.05) is 24.3 Å². The average molecular weight is 639 g/mol. The number of halogens is 2. The zero-order chi connectivity index (χ0) is 31.7. The van der Waals surface area contributed by atoms with Crippen LogP contribution in [-0.2, 0) is 17.8 Å². The highest BCUT2D eigenvalue weighted by molar-refractivity contribution is 7.80. The minimum Gasteiger partial charge on any atom is -0.465 e. The highest BCUT2D eigenvalue weighted by Gasteiger charge is 2.31. The number of carbonyl (C=O) groups is 2. The lowest BCUT2D eigenvalue weighted by Gasteiger charge is -2.31. The molecule has 0 aliphatic carbocycles. The topological polar surface area (TPSA) is 142 Å². The van der Waals surface area contributed by atoms with Crippen LogP contribution in [0, 0.1) is 11.6 Å². The smallest absolute Gasteiger partial charge is 0.404 e. The molecular formula is C31H32F2N6O5S. The molecule has 4 heterocycles. The fourth-order valence-corrected chi connectivity index (χ4v) is 6.74. The van der Waals surface area contributed by atoms with Crippen LogP contribution in [0.1, 0.15) is 47.2 Å². The molecule has 0 bridgehead atoms. The summed E-state index contributed by atoms with van der Waals surface area (Å²) in [6, 6.07) is 11.6. The van der Waals surface area contributed by atoms with Crippen LogP contribution in [0.5, 0.6) is 0 Å². The van der Waals surface area contributed by atoms with Gasteiger partial charge in [0, 0.05) is 67.7 Å². The Morgan fingerprint density at radius 1 is 1.04 bits per heavy atom. The number of amides is 1. The van der Waals surface area contributed by atoms with Gasteiger partial charge < -0.3 is 15.4 Å². The third-order valence-corrected chi connectivity index (χ3v) is 9.10. The van der Waals surface area contributed by atoms with Crippen molar-refractivity contribution in [3.63, 3.8) is 0 Å². The van der Waals surface area contributed by atoms with Gasteiger partial charge >= 0.3 is 6.09 Å². The quantitative estimate of drug-likeness (QED) is 0.150. The summed E-state index contributed by atoms with van der Waals surface area (Å²) in [5, 5.41) is 13.4. The van der Waals surface area contributed by atoms with Gasteiger partial charge in [-0.15, -0.1) is 0 Å². The Morgan fingerprint density at radius 3 is 2.42 bits per heavy atom. The Kier molecular flexibility index (Phi) is 8.90. The van der Waals surface area contributed by atoms with Gasteiger partial charge in [0.2, 0.25) is 5.78 Å². The number of rotatable bonds is 9. The predicted octanol–water partition coefficient (Wildman–Crippen LogP) is 4.93. The van der Waals surface area contributed by atoms with Crippen LogP contribution in [-0.4, -0.2) is 77.8 Å². The Morgan fingerprint density at radius 2 is 1.76 bits per heavy atom. The molecule has 2 fully saturated rings. The van der Waals surface area contributed by atoms with Crippen molar-refractivity contribution in [2.24, 2.45) is 0 Å². The van der Waals surface area contributed by atoms with Gasteiger partial charge in [-0.05, 0) is 55.0 Å². The summed E-state index contributed by atoms with van der Waals surface area (Å²) in [6.45, 7) is 3.15. The average Bonchev–Trinajstić information content (AvgIpc) is 3.70. The Labute approximate surface area is 260 Å². The fraction of sp³-hybridized carbons (Fsp3) is 0.323. The highest BCUT2D eigenvalue weighted by Crippen LogP contribution is 2.32. The first kappa shape index (κ1) is 30.8. The predicted molar refractivity (Wildman–Crippen MR) is 165 cm³/mol. The second-order valence-corrected chi connectivity index (χ2v) is 12.1. The van der Waals surface area contributed by atoms with E-state index in [1.165, 1.54) is 11.2 Å². The van der Waals surface area contributed by atoms with Gasteiger partial charge in [-0.2, -0.15) is 4.41 Å². The highest BCUT2D eigenvalue weighted by atomic mass is 32.2. The third kappa shape index (κ3) is 6.45. The first-order chi connectivity index (χ1) is 21.7. The molecule has 2 aliphatic rings. The van der Waals surface area contributed by atoms with E-state index in [4.69, 9.17) is 5.11 Å². The molecular weight excluding hydrogens is 606 g/mol. The number of hydrazine groups is 1. The molecule has 0 spiro atoms. The SMILES string of the molecule is O=C(O)NC1CCN(Cc2ccc(-c3cnc4[nH]cc(C(=O)c5c(F)ccc(N(N6CCCC6)S(=O)O)c5F)c4c3)cc2)CC1. The number of ketones is 1.